The van der Waals surface area contributed by atoms with E-state index in [1.165, 1.54) is 14.2 Å². The highest BCUT2D eigenvalue weighted by Crippen LogP contribution is 2.34. The van der Waals surface area contributed by atoms with Crippen LogP contribution < -0.4 is 15.2 Å². The Bertz CT molecular complexity index is 417. The van der Waals surface area contributed by atoms with E-state index >= 15 is 0 Å². The Morgan fingerprint density at radius 2 is 1.88 bits per heavy atom. The Morgan fingerprint density at radius 1 is 1.35 bits per heavy atom. The Morgan fingerprint density at radius 3 is 2.29 bits per heavy atom. The van der Waals surface area contributed by atoms with Crippen molar-refractivity contribution in [2.45, 2.75) is 19.4 Å². The number of carboxylic acid groups (broad SMARTS) is 1. The van der Waals surface area contributed by atoms with Crippen LogP contribution in [-0.4, -0.2) is 25.3 Å². The summed E-state index contributed by atoms with van der Waals surface area (Å²) in [5, 5.41) is 9.02. The topological polar surface area (TPSA) is 81.8 Å². The van der Waals surface area contributed by atoms with E-state index in [-0.39, 0.29) is 0 Å². The summed E-state index contributed by atoms with van der Waals surface area (Å²) in [5.41, 5.74) is 6.92. The highest BCUT2D eigenvalue weighted by Gasteiger charge is 2.24. The molecule has 0 amide bonds. The molecule has 0 radical (unpaired) electrons. The number of rotatable bonds is 5. The summed E-state index contributed by atoms with van der Waals surface area (Å²) < 4.78 is 10.4. The van der Waals surface area contributed by atoms with E-state index in [2.05, 4.69) is 0 Å². The Hall–Kier alpha value is -1.75. The molecular formula is C12H17NO4. The maximum Gasteiger partial charge on any atom is 0.325 e. The van der Waals surface area contributed by atoms with Crippen LogP contribution in [0.1, 0.15) is 24.1 Å². The van der Waals surface area contributed by atoms with Crippen LogP contribution in [0.2, 0.25) is 0 Å². The van der Waals surface area contributed by atoms with Gasteiger partial charge in [0.1, 0.15) is 17.5 Å². The average molecular weight is 239 g/mol. The molecule has 5 heteroatoms. The van der Waals surface area contributed by atoms with E-state index in [9.17, 15) is 4.79 Å². The summed E-state index contributed by atoms with van der Waals surface area (Å²) in [7, 11) is 3.02. The Labute approximate surface area is 100 Å². The zero-order chi connectivity index (χ0) is 13.0. The molecule has 94 valence electrons. The third-order valence-corrected chi connectivity index (χ3v) is 2.64. The van der Waals surface area contributed by atoms with Gasteiger partial charge in [0.25, 0.3) is 0 Å². The third-order valence-electron chi connectivity index (χ3n) is 2.64. The molecular weight excluding hydrogens is 222 g/mol. The predicted molar refractivity (Wildman–Crippen MR) is 63.5 cm³/mol. The molecule has 1 atom stereocenters. The first kappa shape index (κ1) is 13.3. The lowest BCUT2D eigenvalue weighted by atomic mass is 9.97. The van der Waals surface area contributed by atoms with E-state index in [1.54, 1.807) is 12.1 Å². The van der Waals surface area contributed by atoms with Crippen LogP contribution in [0.4, 0.5) is 0 Å². The molecule has 0 spiro atoms. The van der Waals surface area contributed by atoms with Crippen molar-refractivity contribution in [2.75, 3.05) is 14.2 Å². The highest BCUT2D eigenvalue weighted by atomic mass is 16.5. The fourth-order valence-electron chi connectivity index (χ4n) is 1.82. The number of methoxy groups -OCH3 is 2. The van der Waals surface area contributed by atoms with Crippen molar-refractivity contribution in [1.29, 1.82) is 0 Å². The molecule has 0 heterocycles. The number of ether oxygens (including phenoxy) is 2. The quantitative estimate of drug-likeness (QED) is 0.810. The SMILES string of the molecule is CCc1c(OC)ccc(OC)c1C(N)C(=O)O. The maximum atomic E-state index is 11.0. The maximum absolute atomic E-state index is 11.0. The summed E-state index contributed by atoms with van der Waals surface area (Å²) in [5.74, 6) is 0.00352. The van der Waals surface area contributed by atoms with Gasteiger partial charge in [0.15, 0.2) is 0 Å². The number of benzene rings is 1. The van der Waals surface area contributed by atoms with Gasteiger partial charge in [-0.1, -0.05) is 6.92 Å². The zero-order valence-corrected chi connectivity index (χ0v) is 10.2. The Balaban J connectivity index is 3.44. The summed E-state index contributed by atoms with van der Waals surface area (Å²) >= 11 is 0. The van der Waals surface area contributed by atoms with Crippen molar-refractivity contribution >= 4 is 5.97 Å². The van der Waals surface area contributed by atoms with E-state index in [4.69, 9.17) is 20.3 Å². The zero-order valence-electron chi connectivity index (χ0n) is 10.2. The number of hydrogen-bond acceptors (Lipinski definition) is 4. The first-order valence-corrected chi connectivity index (χ1v) is 5.28. The summed E-state index contributed by atoms with van der Waals surface area (Å²) in [4.78, 5) is 11.0. The van der Waals surface area contributed by atoms with Crippen LogP contribution in [-0.2, 0) is 11.2 Å². The molecule has 1 unspecified atom stereocenters. The lowest BCUT2D eigenvalue weighted by Gasteiger charge is -2.18. The second kappa shape index (κ2) is 5.54. The lowest BCUT2D eigenvalue weighted by Crippen LogP contribution is -2.23. The molecule has 0 fully saturated rings. The second-order valence-corrected chi connectivity index (χ2v) is 3.53. The lowest BCUT2D eigenvalue weighted by molar-refractivity contribution is -0.138. The molecule has 1 rings (SSSR count). The molecule has 0 bridgehead atoms. The van der Waals surface area contributed by atoms with Gasteiger partial charge in [-0.25, -0.2) is 0 Å². The van der Waals surface area contributed by atoms with Crippen molar-refractivity contribution in [3.63, 3.8) is 0 Å². The van der Waals surface area contributed by atoms with Crippen molar-refractivity contribution in [3.8, 4) is 11.5 Å². The Kier molecular flexibility index (Phi) is 4.34. The predicted octanol–water partition coefficient (Wildman–Crippen LogP) is 1.35. The van der Waals surface area contributed by atoms with Gasteiger partial charge in [0, 0.05) is 11.1 Å². The number of aliphatic carboxylic acids is 1. The van der Waals surface area contributed by atoms with Crippen LogP contribution in [0.5, 0.6) is 11.5 Å². The van der Waals surface area contributed by atoms with Gasteiger partial charge in [0.05, 0.1) is 14.2 Å². The minimum atomic E-state index is -1.12. The van der Waals surface area contributed by atoms with Gasteiger partial charge in [-0.15, -0.1) is 0 Å². The summed E-state index contributed by atoms with van der Waals surface area (Å²) in [6, 6.07) is 2.29. The minimum Gasteiger partial charge on any atom is -0.496 e. The van der Waals surface area contributed by atoms with Crippen molar-refractivity contribution < 1.29 is 19.4 Å². The van der Waals surface area contributed by atoms with E-state index in [0.717, 1.165) is 5.56 Å². The smallest absolute Gasteiger partial charge is 0.325 e. The fraction of sp³-hybridized carbons (Fsp3) is 0.417. The van der Waals surface area contributed by atoms with E-state index < -0.39 is 12.0 Å². The van der Waals surface area contributed by atoms with E-state index in [0.29, 0.717) is 23.5 Å². The molecule has 17 heavy (non-hydrogen) atoms. The average Bonchev–Trinajstić information content (AvgIpc) is 2.35. The normalized spacial score (nSPS) is 12.0. The van der Waals surface area contributed by atoms with Gasteiger partial charge in [0.2, 0.25) is 0 Å². The van der Waals surface area contributed by atoms with Gasteiger partial charge < -0.3 is 20.3 Å². The number of hydrogen-bond donors (Lipinski definition) is 2. The molecule has 0 aliphatic heterocycles. The number of carbonyl (C=O) groups is 1. The first-order chi connectivity index (χ1) is 8.06. The van der Waals surface area contributed by atoms with Gasteiger partial charge >= 0.3 is 5.97 Å². The van der Waals surface area contributed by atoms with Gasteiger partial charge in [-0.2, -0.15) is 0 Å². The fourth-order valence-corrected chi connectivity index (χ4v) is 1.82. The second-order valence-electron chi connectivity index (χ2n) is 3.53. The summed E-state index contributed by atoms with van der Waals surface area (Å²) in [6.45, 7) is 1.91. The monoisotopic (exact) mass is 239 g/mol. The largest absolute Gasteiger partial charge is 0.496 e. The molecule has 5 nitrogen and oxygen atoms in total. The molecule has 0 saturated heterocycles. The molecule has 3 N–H and O–H groups in total. The summed E-state index contributed by atoms with van der Waals surface area (Å²) in [6.07, 6.45) is 0.622. The van der Waals surface area contributed by atoms with Crippen LogP contribution in [0.25, 0.3) is 0 Å². The third kappa shape index (κ3) is 2.50. The number of carboxylic acids is 1. The number of nitrogens with two attached hydrogens (primary N) is 1. The van der Waals surface area contributed by atoms with Crippen LogP contribution >= 0.6 is 0 Å². The van der Waals surface area contributed by atoms with Crippen molar-refractivity contribution in [1.82, 2.24) is 0 Å². The van der Waals surface area contributed by atoms with Gasteiger partial charge in [-0.05, 0) is 18.6 Å². The van der Waals surface area contributed by atoms with E-state index in [1.807, 2.05) is 6.92 Å². The van der Waals surface area contributed by atoms with Crippen LogP contribution in [0.15, 0.2) is 12.1 Å². The molecule has 1 aromatic rings. The molecule has 0 aromatic heterocycles. The van der Waals surface area contributed by atoms with Crippen molar-refractivity contribution in [3.05, 3.63) is 23.3 Å². The molecule has 0 aliphatic rings. The minimum absolute atomic E-state index is 0.470. The van der Waals surface area contributed by atoms with Gasteiger partial charge in [-0.3, -0.25) is 4.79 Å². The molecule has 1 aromatic carbocycles. The van der Waals surface area contributed by atoms with Crippen LogP contribution in [0, 0.1) is 0 Å². The molecule has 0 saturated carbocycles. The first-order valence-electron chi connectivity index (χ1n) is 5.28. The molecule has 0 aliphatic carbocycles. The highest BCUT2D eigenvalue weighted by molar-refractivity contribution is 5.77. The standard InChI is InChI=1S/C12H17NO4/c1-4-7-8(16-2)5-6-9(17-3)10(7)11(13)12(14)15/h5-6,11H,4,13H2,1-3H3,(H,14,15). The van der Waals surface area contributed by atoms with Crippen molar-refractivity contribution in [2.24, 2.45) is 5.73 Å². The van der Waals surface area contributed by atoms with Crippen LogP contribution in [0.3, 0.4) is 0 Å².